The van der Waals surface area contributed by atoms with Gasteiger partial charge in [-0.25, -0.2) is 0 Å². The number of hydrogen-bond acceptors (Lipinski definition) is 4. The molecule has 0 spiro atoms. The van der Waals surface area contributed by atoms with E-state index in [1.807, 2.05) is 36.7 Å². The highest BCUT2D eigenvalue weighted by Gasteiger charge is 2.00. The van der Waals surface area contributed by atoms with Crippen molar-refractivity contribution in [2.24, 2.45) is 0 Å². The lowest BCUT2D eigenvalue weighted by molar-refractivity contribution is 1.08. The molecule has 19 heavy (non-hydrogen) atoms. The van der Waals surface area contributed by atoms with Gasteiger partial charge in [0.05, 0.1) is 11.0 Å². The number of rotatable bonds is 3. The van der Waals surface area contributed by atoms with Gasteiger partial charge in [0.1, 0.15) is 0 Å². The molecule has 0 atom stereocenters. The quantitative estimate of drug-likeness (QED) is 0.776. The van der Waals surface area contributed by atoms with Crippen molar-refractivity contribution in [3.05, 3.63) is 60.2 Å². The maximum atomic E-state index is 4.30. The van der Waals surface area contributed by atoms with Crippen LogP contribution in [0.1, 0.15) is 11.1 Å². The molecule has 0 radical (unpaired) electrons. The van der Waals surface area contributed by atoms with E-state index in [1.165, 1.54) is 11.1 Å². The van der Waals surface area contributed by atoms with Crippen LogP contribution in [0.15, 0.2) is 49.1 Å². The molecule has 0 aliphatic carbocycles. The molecule has 0 saturated heterocycles. The number of anilines is 1. The minimum atomic E-state index is 0.755. The zero-order chi connectivity index (χ0) is 13.1. The number of aromatic nitrogens is 3. The van der Waals surface area contributed by atoms with E-state index >= 15 is 0 Å². The number of hydrogen-bond donors (Lipinski definition) is 1. The molecular weight excluding hydrogens is 236 g/mol. The van der Waals surface area contributed by atoms with Crippen molar-refractivity contribution in [3.63, 3.8) is 0 Å². The highest BCUT2D eigenvalue weighted by atomic mass is 14.9. The summed E-state index contributed by atoms with van der Waals surface area (Å²) in [7, 11) is 0. The molecular formula is C15H14N4. The van der Waals surface area contributed by atoms with Crippen LogP contribution in [0.25, 0.3) is 11.0 Å². The number of fused-ring (bicyclic) bond motifs is 1. The maximum absolute atomic E-state index is 4.30. The van der Waals surface area contributed by atoms with Gasteiger partial charge in [-0.05, 0) is 42.3 Å². The molecule has 4 nitrogen and oxygen atoms in total. The third-order valence-electron chi connectivity index (χ3n) is 3.10. The normalized spacial score (nSPS) is 10.6. The zero-order valence-corrected chi connectivity index (χ0v) is 10.7. The summed E-state index contributed by atoms with van der Waals surface area (Å²) in [6.07, 6.45) is 7.11. The fourth-order valence-corrected chi connectivity index (χ4v) is 1.95. The molecule has 4 heteroatoms. The number of pyridine rings is 1. The molecule has 1 aromatic carbocycles. The third kappa shape index (κ3) is 2.52. The second-order valence-electron chi connectivity index (χ2n) is 4.42. The summed E-state index contributed by atoms with van der Waals surface area (Å²) >= 11 is 0. The molecule has 2 heterocycles. The highest BCUT2D eigenvalue weighted by molar-refractivity contribution is 5.78. The van der Waals surface area contributed by atoms with Crippen molar-refractivity contribution in [2.75, 3.05) is 5.32 Å². The Morgan fingerprint density at radius 3 is 2.68 bits per heavy atom. The van der Waals surface area contributed by atoms with Gasteiger partial charge >= 0.3 is 0 Å². The third-order valence-corrected chi connectivity index (χ3v) is 3.10. The van der Waals surface area contributed by atoms with Gasteiger partial charge in [0.2, 0.25) is 0 Å². The van der Waals surface area contributed by atoms with Crippen molar-refractivity contribution in [3.8, 4) is 0 Å². The molecule has 3 rings (SSSR count). The summed E-state index contributed by atoms with van der Waals surface area (Å²) in [5.74, 6) is 0. The summed E-state index contributed by atoms with van der Waals surface area (Å²) in [5, 5.41) is 3.39. The van der Waals surface area contributed by atoms with Crippen LogP contribution in [0.2, 0.25) is 0 Å². The van der Waals surface area contributed by atoms with Gasteiger partial charge in [0.25, 0.3) is 0 Å². The van der Waals surface area contributed by atoms with Crippen LogP contribution in [0.3, 0.4) is 0 Å². The topological polar surface area (TPSA) is 50.7 Å². The standard InChI is InChI=1S/C15H14N4/c1-11-4-5-16-9-12(11)10-19-13-2-3-14-15(8-13)18-7-6-17-14/h2-9,19H,10H2,1H3. The van der Waals surface area contributed by atoms with Gasteiger partial charge in [-0.1, -0.05) is 0 Å². The summed E-state index contributed by atoms with van der Waals surface area (Å²) in [5.41, 5.74) is 5.28. The molecule has 0 unspecified atom stereocenters. The number of nitrogens with zero attached hydrogens (tertiary/aromatic N) is 3. The highest BCUT2D eigenvalue weighted by Crippen LogP contribution is 2.16. The fraction of sp³-hybridized carbons (Fsp3) is 0.133. The predicted octanol–water partition coefficient (Wildman–Crippen LogP) is 2.95. The Labute approximate surface area is 111 Å². The summed E-state index contributed by atoms with van der Waals surface area (Å²) in [6.45, 7) is 2.84. The fourth-order valence-electron chi connectivity index (χ4n) is 1.95. The van der Waals surface area contributed by atoms with Gasteiger partial charge in [-0.15, -0.1) is 0 Å². The number of aryl methyl sites for hydroxylation is 1. The van der Waals surface area contributed by atoms with Crippen molar-refractivity contribution >= 4 is 16.7 Å². The Balaban J connectivity index is 1.80. The minimum absolute atomic E-state index is 0.755. The first kappa shape index (κ1) is 11.6. The van der Waals surface area contributed by atoms with Crippen molar-refractivity contribution < 1.29 is 0 Å². The van der Waals surface area contributed by atoms with E-state index in [2.05, 4.69) is 27.2 Å². The summed E-state index contributed by atoms with van der Waals surface area (Å²) < 4.78 is 0. The molecule has 0 aliphatic heterocycles. The Kier molecular flexibility index (Phi) is 3.06. The lowest BCUT2D eigenvalue weighted by atomic mass is 10.1. The molecule has 94 valence electrons. The van der Waals surface area contributed by atoms with Crippen LogP contribution in [0.5, 0.6) is 0 Å². The predicted molar refractivity (Wildman–Crippen MR) is 75.8 cm³/mol. The molecule has 0 saturated carbocycles. The first-order chi connectivity index (χ1) is 9.33. The average molecular weight is 250 g/mol. The first-order valence-corrected chi connectivity index (χ1v) is 6.17. The summed E-state index contributed by atoms with van der Waals surface area (Å²) in [4.78, 5) is 12.7. The van der Waals surface area contributed by atoms with Gasteiger partial charge in [-0.2, -0.15) is 0 Å². The second-order valence-corrected chi connectivity index (χ2v) is 4.42. The van der Waals surface area contributed by atoms with E-state index in [0.29, 0.717) is 0 Å². The molecule has 2 aromatic heterocycles. The monoisotopic (exact) mass is 250 g/mol. The first-order valence-electron chi connectivity index (χ1n) is 6.17. The van der Waals surface area contributed by atoms with Crippen molar-refractivity contribution in [2.45, 2.75) is 13.5 Å². The molecule has 3 aromatic rings. The molecule has 1 N–H and O–H groups in total. The van der Waals surface area contributed by atoms with E-state index < -0.39 is 0 Å². The van der Waals surface area contributed by atoms with Crippen LogP contribution in [0, 0.1) is 6.92 Å². The van der Waals surface area contributed by atoms with E-state index in [-0.39, 0.29) is 0 Å². The lowest BCUT2D eigenvalue weighted by Gasteiger charge is -2.08. The van der Waals surface area contributed by atoms with Crippen LogP contribution in [0.4, 0.5) is 5.69 Å². The Bertz CT molecular complexity index is 709. The van der Waals surface area contributed by atoms with Crippen LogP contribution >= 0.6 is 0 Å². The maximum Gasteiger partial charge on any atom is 0.0907 e. The van der Waals surface area contributed by atoms with E-state index in [9.17, 15) is 0 Å². The summed E-state index contributed by atoms with van der Waals surface area (Å²) in [6, 6.07) is 8.01. The Hall–Kier alpha value is -2.49. The van der Waals surface area contributed by atoms with Crippen LogP contribution in [-0.2, 0) is 6.54 Å². The Morgan fingerprint density at radius 1 is 1.00 bits per heavy atom. The largest absolute Gasteiger partial charge is 0.381 e. The molecule has 0 amide bonds. The SMILES string of the molecule is Cc1ccncc1CNc1ccc2nccnc2c1. The smallest absolute Gasteiger partial charge is 0.0907 e. The molecule has 0 fully saturated rings. The zero-order valence-electron chi connectivity index (χ0n) is 10.7. The molecule has 0 bridgehead atoms. The van der Waals surface area contributed by atoms with E-state index in [0.717, 1.165) is 23.3 Å². The number of benzene rings is 1. The average Bonchev–Trinajstić information content (AvgIpc) is 2.46. The van der Waals surface area contributed by atoms with Gasteiger partial charge in [-0.3, -0.25) is 15.0 Å². The van der Waals surface area contributed by atoms with Crippen molar-refractivity contribution in [1.82, 2.24) is 15.0 Å². The van der Waals surface area contributed by atoms with Crippen molar-refractivity contribution in [1.29, 1.82) is 0 Å². The number of nitrogens with one attached hydrogen (secondary N) is 1. The van der Waals surface area contributed by atoms with Crippen LogP contribution < -0.4 is 5.32 Å². The molecule has 0 aliphatic rings. The Morgan fingerprint density at radius 2 is 1.84 bits per heavy atom. The van der Waals surface area contributed by atoms with Gasteiger partial charge in [0.15, 0.2) is 0 Å². The van der Waals surface area contributed by atoms with Gasteiger partial charge in [0, 0.05) is 37.0 Å². The van der Waals surface area contributed by atoms with Crippen LogP contribution in [-0.4, -0.2) is 15.0 Å². The minimum Gasteiger partial charge on any atom is -0.381 e. The second kappa shape index (κ2) is 5.02. The van der Waals surface area contributed by atoms with Gasteiger partial charge < -0.3 is 5.32 Å². The van der Waals surface area contributed by atoms with E-state index in [1.54, 1.807) is 12.4 Å². The lowest BCUT2D eigenvalue weighted by Crippen LogP contribution is -2.01. The van der Waals surface area contributed by atoms with E-state index in [4.69, 9.17) is 0 Å².